The third-order valence-electron chi connectivity index (χ3n) is 19.1. The van der Waals surface area contributed by atoms with Gasteiger partial charge in [0, 0.05) is 67.8 Å². The van der Waals surface area contributed by atoms with E-state index in [2.05, 4.69) is 298 Å². The van der Waals surface area contributed by atoms with Gasteiger partial charge in [-0.3, -0.25) is 0 Å². The normalized spacial score (nSPS) is 13.4. The van der Waals surface area contributed by atoms with Crippen LogP contribution in [0.25, 0.3) is 87.3 Å². The van der Waals surface area contributed by atoms with Crippen molar-refractivity contribution in [3.8, 4) is 34.4 Å². The van der Waals surface area contributed by atoms with E-state index in [-0.39, 0.29) is 13.4 Å². The van der Waals surface area contributed by atoms with E-state index in [9.17, 15) is 0 Å². The van der Waals surface area contributed by atoms with Crippen LogP contribution in [0.2, 0.25) is 0 Å². The van der Waals surface area contributed by atoms with Gasteiger partial charge in [-0.05, 0) is 150 Å². The summed E-state index contributed by atoms with van der Waals surface area (Å²) in [5, 5.41) is 12.1. The van der Waals surface area contributed by atoms with Crippen molar-refractivity contribution in [2.75, 3.05) is 9.80 Å². The second-order valence-electron chi connectivity index (χ2n) is 23.4. The van der Waals surface area contributed by atoms with Crippen LogP contribution >= 0.6 is 0 Å². The number of fused-ring (bicyclic) bond motifs is 20. The van der Waals surface area contributed by atoms with Crippen molar-refractivity contribution in [3.05, 3.63) is 279 Å². The SMILES string of the molecule is c1ccc(N2c3cc4c5ccccc5c5cc6c(cc5c4cc3B3c4ccccc4Oc4cc(-n5c7ccccc7c7ccccc75)cc2c43)B2c3ccccc3Oc3cc(-n4c5ccccc5c5ccccc54)cc(c32)N6c2ccccc2)cc1. The molecule has 0 saturated heterocycles. The van der Waals surface area contributed by atoms with Gasteiger partial charge >= 0.3 is 0 Å². The molecule has 20 rings (SSSR count). The van der Waals surface area contributed by atoms with E-state index < -0.39 is 0 Å². The maximum Gasteiger partial charge on any atom is 0.256 e. The first-order valence-electron chi connectivity index (χ1n) is 29.7. The summed E-state index contributed by atoms with van der Waals surface area (Å²) in [5.41, 5.74) is 20.5. The Hall–Kier alpha value is -11.2. The lowest BCUT2D eigenvalue weighted by molar-refractivity contribution is 0.487. The number of hydrogen-bond acceptors (Lipinski definition) is 4. The molecule has 2 aromatic heterocycles. The summed E-state index contributed by atoms with van der Waals surface area (Å²) in [6, 6.07) is 103. The molecule has 0 fully saturated rings. The smallest absolute Gasteiger partial charge is 0.256 e. The van der Waals surface area contributed by atoms with Crippen molar-refractivity contribution >= 4 is 156 Å². The van der Waals surface area contributed by atoms with Crippen LogP contribution in [0.15, 0.2) is 279 Å². The second kappa shape index (κ2) is 17.2. The Morgan fingerprint density at radius 3 is 0.942 bits per heavy atom. The molecule has 4 aliphatic rings. The molecule has 6 heterocycles. The fourth-order valence-corrected chi connectivity index (χ4v) is 15.7. The lowest BCUT2D eigenvalue weighted by Crippen LogP contribution is -2.59. The third-order valence-corrected chi connectivity index (χ3v) is 19.1. The van der Waals surface area contributed by atoms with Gasteiger partial charge < -0.3 is 28.4 Å². The Kier molecular flexibility index (Phi) is 9.26. The van der Waals surface area contributed by atoms with Gasteiger partial charge in [-0.1, -0.05) is 182 Å². The van der Waals surface area contributed by atoms with E-state index in [1.54, 1.807) is 0 Å². The average Bonchev–Trinajstić information content (AvgIpc) is 0.902. The molecular formula is C78H46B2N4O2. The highest BCUT2D eigenvalue weighted by Crippen LogP contribution is 2.49. The molecule has 0 atom stereocenters. The van der Waals surface area contributed by atoms with Gasteiger partial charge in [-0.2, -0.15) is 0 Å². The molecule has 8 heteroatoms. The van der Waals surface area contributed by atoms with Crippen molar-refractivity contribution in [1.29, 1.82) is 0 Å². The molecule has 0 aliphatic carbocycles. The molecule has 14 aromatic carbocycles. The number of benzene rings is 14. The Morgan fingerprint density at radius 2 is 0.547 bits per heavy atom. The Balaban J connectivity index is 0.878. The quantitative estimate of drug-likeness (QED) is 0.130. The topological polar surface area (TPSA) is 34.8 Å². The molecule has 86 heavy (non-hydrogen) atoms. The van der Waals surface area contributed by atoms with Crippen molar-refractivity contribution in [1.82, 2.24) is 9.13 Å². The minimum Gasteiger partial charge on any atom is -0.458 e. The van der Waals surface area contributed by atoms with Crippen LogP contribution < -0.4 is 52.1 Å². The average molecular weight is 1090 g/mol. The molecule has 0 N–H and O–H groups in total. The van der Waals surface area contributed by atoms with Crippen molar-refractivity contribution in [2.24, 2.45) is 0 Å². The van der Waals surface area contributed by atoms with Gasteiger partial charge in [0.15, 0.2) is 0 Å². The first-order valence-corrected chi connectivity index (χ1v) is 29.7. The predicted molar refractivity (Wildman–Crippen MR) is 359 cm³/mol. The maximum absolute atomic E-state index is 7.22. The fraction of sp³-hybridized carbons (Fsp3) is 0. The molecule has 16 aromatic rings. The summed E-state index contributed by atoms with van der Waals surface area (Å²) in [4.78, 5) is 5.01. The summed E-state index contributed by atoms with van der Waals surface area (Å²) in [6.45, 7) is -0.269. The minimum absolute atomic E-state index is 0.134. The fourth-order valence-electron chi connectivity index (χ4n) is 15.7. The number of rotatable bonds is 4. The van der Waals surface area contributed by atoms with Gasteiger partial charge in [-0.15, -0.1) is 0 Å². The molecule has 0 radical (unpaired) electrons. The van der Waals surface area contributed by atoms with Gasteiger partial charge in [0.25, 0.3) is 13.4 Å². The van der Waals surface area contributed by atoms with E-state index in [4.69, 9.17) is 9.47 Å². The Bertz CT molecular complexity index is 5200. The van der Waals surface area contributed by atoms with Gasteiger partial charge in [-0.25, -0.2) is 0 Å². The van der Waals surface area contributed by atoms with Crippen LogP contribution in [-0.4, -0.2) is 22.6 Å². The number of aromatic nitrogens is 2. The summed E-state index contributed by atoms with van der Waals surface area (Å²) in [5.74, 6) is 3.48. The standard InChI is InChI=1S/C78H46B2N4O2/c1-3-21-47(22-4-1)81-69-45-59-51-25-7-8-26-52(51)60-46-70-64(44-58(60)57(59)43-63(69)79-61-31-13-19-37-73(61)85-75-41-49(39-71(81)77(75)79)83-65-33-15-9-27-53(65)54-28-10-16-34-66(54)83)80-62-32-14-20-38-74(62)86-76-42-50(40-72(78(76)80)82(70)48-23-5-2-6-24-48)84-67-35-17-11-29-55(67)56-30-12-18-36-68(56)84/h1-46H. The molecule has 4 aliphatic heterocycles. The highest BCUT2D eigenvalue weighted by molar-refractivity contribution is 7.00. The molecule has 0 saturated carbocycles. The monoisotopic (exact) mass is 1090 g/mol. The highest BCUT2D eigenvalue weighted by Gasteiger charge is 2.45. The highest BCUT2D eigenvalue weighted by atomic mass is 16.5. The first-order chi connectivity index (χ1) is 42.7. The number of para-hydroxylation sites is 8. The van der Waals surface area contributed by atoms with E-state index in [0.29, 0.717) is 0 Å². The summed E-state index contributed by atoms with van der Waals surface area (Å²) in [7, 11) is 0. The Morgan fingerprint density at radius 1 is 0.221 bits per heavy atom. The van der Waals surface area contributed by atoms with Crippen LogP contribution in [0.1, 0.15) is 0 Å². The minimum atomic E-state index is -0.134. The molecule has 0 bridgehead atoms. The molecule has 6 nitrogen and oxygen atoms in total. The van der Waals surface area contributed by atoms with Gasteiger partial charge in [0.1, 0.15) is 23.0 Å². The number of anilines is 6. The summed E-state index contributed by atoms with van der Waals surface area (Å²) >= 11 is 0. The first kappa shape index (κ1) is 46.3. The lowest BCUT2D eigenvalue weighted by Gasteiger charge is -2.41. The molecule has 396 valence electrons. The third kappa shape index (κ3) is 6.21. The van der Waals surface area contributed by atoms with Crippen LogP contribution in [0.4, 0.5) is 34.1 Å². The van der Waals surface area contributed by atoms with Crippen LogP contribution in [-0.2, 0) is 0 Å². The number of nitrogens with zero attached hydrogens (tertiary/aromatic N) is 4. The Labute approximate surface area is 495 Å². The van der Waals surface area contributed by atoms with Gasteiger partial charge in [0.05, 0.1) is 33.4 Å². The largest absolute Gasteiger partial charge is 0.458 e. The van der Waals surface area contributed by atoms with Crippen LogP contribution in [0, 0.1) is 0 Å². The summed E-state index contributed by atoms with van der Waals surface area (Å²) < 4.78 is 19.3. The van der Waals surface area contributed by atoms with Crippen molar-refractivity contribution in [2.45, 2.75) is 0 Å². The molecule has 0 amide bonds. The zero-order valence-corrected chi connectivity index (χ0v) is 46.3. The second-order valence-corrected chi connectivity index (χ2v) is 23.4. The number of ether oxygens (including phenoxy) is 2. The van der Waals surface area contributed by atoms with E-state index in [1.807, 2.05) is 0 Å². The summed E-state index contributed by atoms with van der Waals surface area (Å²) in [6.07, 6.45) is 0. The van der Waals surface area contributed by atoms with Crippen LogP contribution in [0.3, 0.4) is 0 Å². The molecule has 0 spiro atoms. The predicted octanol–water partition coefficient (Wildman–Crippen LogP) is 16.2. The van der Waals surface area contributed by atoms with E-state index >= 15 is 0 Å². The molecular weight excluding hydrogens is 1050 g/mol. The van der Waals surface area contributed by atoms with E-state index in [0.717, 1.165) is 112 Å². The van der Waals surface area contributed by atoms with Crippen LogP contribution in [0.5, 0.6) is 23.0 Å². The lowest BCUT2D eigenvalue weighted by atomic mass is 9.33. The zero-order valence-electron chi connectivity index (χ0n) is 46.3. The van der Waals surface area contributed by atoms with Gasteiger partial charge in [0.2, 0.25) is 0 Å². The van der Waals surface area contributed by atoms with Crippen molar-refractivity contribution < 1.29 is 9.47 Å². The molecule has 0 unspecified atom stereocenters. The van der Waals surface area contributed by atoms with E-state index in [1.165, 1.54) is 64.8 Å². The number of hydrogen-bond donors (Lipinski definition) is 0. The van der Waals surface area contributed by atoms with Crippen molar-refractivity contribution in [3.63, 3.8) is 0 Å². The maximum atomic E-state index is 7.22. The zero-order chi connectivity index (χ0) is 55.9.